The third-order valence-electron chi connectivity index (χ3n) is 7.23. The largest absolute Gasteiger partial charge is 0.511 e. The Morgan fingerprint density at radius 3 is 2.55 bits per heavy atom. The first kappa shape index (κ1) is 21.8. The lowest BCUT2D eigenvalue weighted by molar-refractivity contribution is -0.118. The molecule has 160 valence electrons. The van der Waals surface area contributed by atoms with Crippen molar-refractivity contribution >= 4 is 11.7 Å². The molecule has 1 saturated carbocycles. The topological polar surface area (TPSA) is 107 Å². The zero-order valence-corrected chi connectivity index (χ0v) is 17.9. The number of aliphatic hydroxyl groups excluding tert-OH is 2. The summed E-state index contributed by atoms with van der Waals surface area (Å²) in [5, 5.41) is 34.4. The second-order valence-corrected chi connectivity index (χ2v) is 9.49. The van der Waals surface area contributed by atoms with E-state index in [1.54, 1.807) is 0 Å². The minimum atomic E-state index is -1.04. The summed E-state index contributed by atoms with van der Waals surface area (Å²) >= 11 is 0. The van der Waals surface area contributed by atoms with Crippen LogP contribution >= 0.6 is 0 Å². The van der Waals surface area contributed by atoms with Crippen molar-refractivity contribution in [2.24, 2.45) is 23.2 Å². The molecule has 3 aliphatic rings. The fourth-order valence-electron chi connectivity index (χ4n) is 5.74. The lowest BCUT2D eigenvalue weighted by atomic mass is 9.51. The van der Waals surface area contributed by atoms with E-state index in [1.807, 2.05) is 39.8 Å². The molecule has 0 aromatic rings. The summed E-state index contributed by atoms with van der Waals surface area (Å²) in [7, 11) is 0. The van der Waals surface area contributed by atoms with Gasteiger partial charge in [0.15, 0.2) is 5.78 Å². The van der Waals surface area contributed by atoms with Gasteiger partial charge in [-0.05, 0) is 58.8 Å². The molecule has 0 aromatic carbocycles. The van der Waals surface area contributed by atoms with Crippen LogP contribution in [0, 0.1) is 23.2 Å². The number of allylic oxidation sites excluding steroid dienone is 5. The van der Waals surface area contributed by atoms with Crippen molar-refractivity contribution in [1.29, 1.82) is 0 Å². The first-order chi connectivity index (χ1) is 13.4. The maximum atomic E-state index is 12.9. The molecule has 7 atom stereocenters. The molecule has 2 aliphatic carbocycles. The smallest absolute Gasteiger partial charge is 0.259 e. The van der Waals surface area contributed by atoms with E-state index in [-0.39, 0.29) is 29.1 Å². The number of ketones is 1. The van der Waals surface area contributed by atoms with Crippen molar-refractivity contribution in [2.75, 3.05) is 0 Å². The Labute approximate surface area is 172 Å². The van der Waals surface area contributed by atoms with Gasteiger partial charge in [0.25, 0.3) is 5.91 Å². The quantitative estimate of drug-likeness (QED) is 0.251. The summed E-state index contributed by atoms with van der Waals surface area (Å²) in [5.41, 5.74) is -0.816. The zero-order chi connectivity index (χ0) is 21.7. The molecule has 6 heteroatoms. The molecular formula is C23H33NO5. The van der Waals surface area contributed by atoms with Crippen LogP contribution < -0.4 is 5.32 Å². The third-order valence-corrected chi connectivity index (χ3v) is 7.23. The number of carbonyl (C=O) groups is 2. The van der Waals surface area contributed by atoms with Crippen molar-refractivity contribution in [2.45, 2.75) is 71.6 Å². The molecule has 2 fully saturated rings. The Morgan fingerprint density at radius 1 is 1.34 bits per heavy atom. The molecular weight excluding hydrogens is 370 g/mol. The summed E-state index contributed by atoms with van der Waals surface area (Å²) in [6.45, 7) is 9.10. The van der Waals surface area contributed by atoms with Crippen LogP contribution in [-0.2, 0) is 9.59 Å². The van der Waals surface area contributed by atoms with E-state index >= 15 is 0 Å². The number of hydrogen-bond donors (Lipinski definition) is 4. The lowest BCUT2D eigenvalue weighted by Crippen LogP contribution is -2.49. The van der Waals surface area contributed by atoms with Crippen molar-refractivity contribution in [3.8, 4) is 0 Å². The molecule has 1 saturated heterocycles. The number of carbonyl (C=O) groups excluding carboxylic acids is 2. The van der Waals surface area contributed by atoms with E-state index < -0.39 is 34.9 Å². The SMILES string of the molecule is CC=CC1C(C)=CC2CC(C)(O)CCC2C1(C)C(O)=C1C(=O)NC(C(C)O)C1=O. The molecule has 3 rings (SSSR count). The highest BCUT2D eigenvalue weighted by Gasteiger charge is 2.55. The second-order valence-electron chi connectivity index (χ2n) is 9.49. The Kier molecular flexibility index (Phi) is 5.56. The van der Waals surface area contributed by atoms with Crippen LogP contribution in [0.3, 0.4) is 0 Å². The fraction of sp³-hybridized carbons (Fsp3) is 0.652. The van der Waals surface area contributed by atoms with Crippen LogP contribution in [-0.4, -0.2) is 44.8 Å². The highest BCUT2D eigenvalue weighted by atomic mass is 16.3. The van der Waals surface area contributed by atoms with Crippen molar-refractivity contribution in [3.05, 3.63) is 35.1 Å². The summed E-state index contributed by atoms with van der Waals surface area (Å²) in [6, 6.07) is -1.04. The van der Waals surface area contributed by atoms with E-state index in [0.29, 0.717) is 19.3 Å². The number of aliphatic hydroxyl groups is 3. The van der Waals surface area contributed by atoms with Crippen LogP contribution in [0.2, 0.25) is 0 Å². The van der Waals surface area contributed by atoms with E-state index in [0.717, 1.165) is 5.57 Å². The van der Waals surface area contributed by atoms with Gasteiger partial charge in [-0.15, -0.1) is 0 Å². The summed E-state index contributed by atoms with van der Waals surface area (Å²) in [5.74, 6) is -1.54. The van der Waals surface area contributed by atoms with Crippen molar-refractivity contribution < 1.29 is 24.9 Å². The van der Waals surface area contributed by atoms with Gasteiger partial charge in [-0.2, -0.15) is 0 Å². The van der Waals surface area contributed by atoms with Crippen LogP contribution in [0.4, 0.5) is 0 Å². The van der Waals surface area contributed by atoms with E-state index in [4.69, 9.17) is 0 Å². The monoisotopic (exact) mass is 403 g/mol. The first-order valence-electron chi connectivity index (χ1n) is 10.4. The van der Waals surface area contributed by atoms with E-state index in [2.05, 4.69) is 11.4 Å². The van der Waals surface area contributed by atoms with E-state index in [1.165, 1.54) is 6.92 Å². The summed E-state index contributed by atoms with van der Waals surface area (Å²) < 4.78 is 0. The Hall–Kier alpha value is -1.92. The molecule has 0 spiro atoms. The number of fused-ring (bicyclic) bond motifs is 1. The number of Topliss-reactive ketones (excluding diaryl/α,β-unsaturated/α-hetero) is 1. The van der Waals surface area contributed by atoms with Crippen molar-refractivity contribution in [1.82, 2.24) is 5.32 Å². The Bertz CT molecular complexity index is 806. The standard InChI is InChI=1S/C23H33NO5/c1-6-7-15-12(2)10-14-11-22(4,29)9-8-16(14)23(15,5)20(27)17-19(26)18(13(3)25)24-21(17)28/h6-7,10,13-16,18,25,27,29H,8-9,11H2,1-5H3,(H,24,28). The van der Waals surface area contributed by atoms with Gasteiger partial charge in [0, 0.05) is 11.3 Å². The molecule has 1 aliphatic heterocycles. The minimum absolute atomic E-state index is 0.0219. The van der Waals surface area contributed by atoms with Crippen LogP contribution in [0.15, 0.2) is 35.1 Å². The van der Waals surface area contributed by atoms with Gasteiger partial charge < -0.3 is 20.6 Å². The molecule has 29 heavy (non-hydrogen) atoms. The highest BCUT2D eigenvalue weighted by molar-refractivity contribution is 6.27. The van der Waals surface area contributed by atoms with Crippen LogP contribution in [0.1, 0.15) is 53.9 Å². The van der Waals surface area contributed by atoms with Gasteiger partial charge in [0.05, 0.1) is 11.7 Å². The number of hydrogen-bond acceptors (Lipinski definition) is 5. The fourth-order valence-corrected chi connectivity index (χ4v) is 5.74. The van der Waals surface area contributed by atoms with Gasteiger partial charge in [0.1, 0.15) is 17.4 Å². The van der Waals surface area contributed by atoms with Gasteiger partial charge >= 0.3 is 0 Å². The molecule has 7 unspecified atom stereocenters. The summed E-state index contributed by atoms with van der Waals surface area (Å²) in [6.07, 6.45) is 6.92. The Balaban J connectivity index is 2.16. The maximum absolute atomic E-state index is 12.9. The van der Waals surface area contributed by atoms with Crippen LogP contribution in [0.25, 0.3) is 0 Å². The van der Waals surface area contributed by atoms with Gasteiger partial charge in [0.2, 0.25) is 0 Å². The predicted octanol–water partition coefficient (Wildman–Crippen LogP) is 2.57. The predicted molar refractivity (Wildman–Crippen MR) is 110 cm³/mol. The van der Waals surface area contributed by atoms with Gasteiger partial charge in [-0.25, -0.2) is 0 Å². The maximum Gasteiger partial charge on any atom is 0.259 e. The molecule has 6 nitrogen and oxygen atoms in total. The molecule has 0 aromatic heterocycles. The van der Waals surface area contributed by atoms with Crippen molar-refractivity contribution in [3.63, 3.8) is 0 Å². The average Bonchev–Trinajstić information content (AvgIpc) is 2.91. The second kappa shape index (κ2) is 7.40. The summed E-state index contributed by atoms with van der Waals surface area (Å²) in [4.78, 5) is 25.5. The molecule has 0 bridgehead atoms. The van der Waals surface area contributed by atoms with E-state index in [9.17, 15) is 24.9 Å². The zero-order valence-electron chi connectivity index (χ0n) is 17.9. The lowest BCUT2D eigenvalue weighted by Gasteiger charge is -2.53. The first-order valence-corrected chi connectivity index (χ1v) is 10.4. The van der Waals surface area contributed by atoms with Gasteiger partial charge in [-0.3, -0.25) is 9.59 Å². The number of nitrogens with one attached hydrogen (secondary N) is 1. The number of rotatable bonds is 3. The molecule has 4 N–H and O–H groups in total. The van der Waals surface area contributed by atoms with Gasteiger partial charge in [-0.1, -0.05) is 30.7 Å². The molecule has 0 radical (unpaired) electrons. The highest BCUT2D eigenvalue weighted by Crippen LogP contribution is 2.58. The Morgan fingerprint density at radius 2 is 2.00 bits per heavy atom. The molecule has 1 amide bonds. The average molecular weight is 404 g/mol. The minimum Gasteiger partial charge on any atom is -0.511 e. The van der Waals surface area contributed by atoms with Crippen LogP contribution in [0.5, 0.6) is 0 Å². The third kappa shape index (κ3) is 3.46. The molecule has 1 heterocycles. The normalized spacial score (nSPS) is 43.1. The number of amides is 1.